The second-order valence-electron chi connectivity index (χ2n) is 7.74. The van der Waals surface area contributed by atoms with Crippen LogP contribution in [0.25, 0.3) is 15.9 Å². The summed E-state index contributed by atoms with van der Waals surface area (Å²) in [5.41, 5.74) is 2.64. The van der Waals surface area contributed by atoms with Crippen LogP contribution in [0.2, 0.25) is 0 Å². The van der Waals surface area contributed by atoms with E-state index in [1.807, 2.05) is 26.0 Å². The maximum atomic E-state index is 13.4. The highest BCUT2D eigenvalue weighted by molar-refractivity contribution is 7.17. The summed E-state index contributed by atoms with van der Waals surface area (Å²) >= 11 is 1.23. The molecule has 2 amide bonds. The molecule has 4 rings (SSSR count). The van der Waals surface area contributed by atoms with Crippen molar-refractivity contribution in [3.8, 4) is 5.69 Å². The van der Waals surface area contributed by atoms with E-state index in [4.69, 9.17) is 0 Å². The third-order valence-electron chi connectivity index (χ3n) is 5.13. The van der Waals surface area contributed by atoms with Gasteiger partial charge in [-0.2, -0.15) is 0 Å². The Balaban J connectivity index is 1.74. The number of nitrogens with one attached hydrogen (secondary N) is 2. The first-order chi connectivity index (χ1) is 15.7. The molecule has 0 spiro atoms. The van der Waals surface area contributed by atoms with Crippen LogP contribution in [0.3, 0.4) is 0 Å². The maximum absolute atomic E-state index is 13.4. The number of thiophene rings is 1. The molecule has 2 aromatic heterocycles. The van der Waals surface area contributed by atoms with E-state index in [1.54, 1.807) is 41.8 Å². The summed E-state index contributed by atoms with van der Waals surface area (Å²) in [4.78, 5) is 50.7. The predicted molar refractivity (Wildman–Crippen MR) is 131 cm³/mol. The summed E-state index contributed by atoms with van der Waals surface area (Å²) in [7, 11) is 0. The number of rotatable bonds is 5. The van der Waals surface area contributed by atoms with Crippen molar-refractivity contribution in [1.82, 2.24) is 9.13 Å². The van der Waals surface area contributed by atoms with Gasteiger partial charge in [0.25, 0.3) is 5.56 Å². The molecule has 0 aliphatic heterocycles. The van der Waals surface area contributed by atoms with Crippen molar-refractivity contribution in [2.75, 3.05) is 10.6 Å². The maximum Gasteiger partial charge on any atom is 0.336 e. The molecule has 0 saturated heterocycles. The predicted octanol–water partition coefficient (Wildman–Crippen LogP) is 3.43. The third-order valence-corrected chi connectivity index (χ3v) is 6.02. The molecule has 8 nitrogen and oxygen atoms in total. The highest BCUT2D eigenvalue weighted by atomic mass is 32.1. The number of aromatic nitrogens is 2. The quantitative estimate of drug-likeness (QED) is 0.474. The first kappa shape index (κ1) is 22.2. The fourth-order valence-corrected chi connectivity index (χ4v) is 4.46. The second kappa shape index (κ2) is 8.87. The monoisotopic (exact) mass is 462 g/mol. The molecule has 33 heavy (non-hydrogen) atoms. The number of anilines is 2. The highest BCUT2D eigenvalue weighted by Crippen LogP contribution is 2.19. The lowest BCUT2D eigenvalue weighted by molar-refractivity contribution is -0.117. The van der Waals surface area contributed by atoms with Gasteiger partial charge in [0.2, 0.25) is 11.8 Å². The van der Waals surface area contributed by atoms with Crippen molar-refractivity contribution in [3.63, 3.8) is 0 Å². The van der Waals surface area contributed by atoms with Gasteiger partial charge in [-0.15, -0.1) is 11.3 Å². The van der Waals surface area contributed by atoms with Crippen LogP contribution in [0, 0.1) is 13.8 Å². The van der Waals surface area contributed by atoms with Crippen molar-refractivity contribution < 1.29 is 9.59 Å². The van der Waals surface area contributed by atoms with Crippen LogP contribution in [-0.2, 0) is 16.1 Å². The minimum atomic E-state index is -0.582. The number of nitrogens with zero attached hydrogens (tertiary/aromatic N) is 2. The van der Waals surface area contributed by atoms with Crippen LogP contribution < -0.4 is 21.9 Å². The van der Waals surface area contributed by atoms with E-state index in [2.05, 4.69) is 10.6 Å². The molecule has 2 aromatic carbocycles. The van der Waals surface area contributed by atoms with Crippen molar-refractivity contribution in [2.24, 2.45) is 0 Å². The Hall–Kier alpha value is -3.98. The minimum absolute atomic E-state index is 0.224. The highest BCUT2D eigenvalue weighted by Gasteiger charge is 2.19. The average Bonchev–Trinajstić information content (AvgIpc) is 3.23. The lowest BCUT2D eigenvalue weighted by Crippen LogP contribution is -2.40. The number of hydrogen-bond acceptors (Lipinski definition) is 5. The number of amides is 2. The molecule has 168 valence electrons. The van der Waals surface area contributed by atoms with Gasteiger partial charge in [-0.3, -0.25) is 19.0 Å². The Morgan fingerprint density at radius 2 is 1.70 bits per heavy atom. The standard InChI is InChI=1S/C24H22N4O4S/c1-14-7-8-15(2)20(11-14)28-23(31)22-19(9-10-33-22)27(24(28)32)13-21(30)26-18-6-4-5-17(12-18)25-16(3)29/h4-12H,13H2,1-3H3,(H,25,29)(H,26,30). The molecule has 2 heterocycles. The molecule has 2 N–H and O–H groups in total. The topological polar surface area (TPSA) is 102 Å². The van der Waals surface area contributed by atoms with E-state index >= 15 is 0 Å². The van der Waals surface area contributed by atoms with Crippen LogP contribution in [0.1, 0.15) is 18.1 Å². The first-order valence-corrected chi connectivity index (χ1v) is 11.1. The molecule has 0 atom stereocenters. The average molecular weight is 463 g/mol. The fourth-order valence-electron chi connectivity index (χ4n) is 3.63. The number of hydrogen-bond donors (Lipinski definition) is 2. The Morgan fingerprint density at radius 1 is 0.970 bits per heavy atom. The summed E-state index contributed by atoms with van der Waals surface area (Å²) in [5.74, 6) is -0.658. The van der Waals surface area contributed by atoms with Crippen LogP contribution in [0.15, 0.2) is 63.5 Å². The van der Waals surface area contributed by atoms with Gasteiger partial charge in [0.15, 0.2) is 0 Å². The molecule has 9 heteroatoms. The summed E-state index contributed by atoms with van der Waals surface area (Å²) in [6, 6.07) is 13.9. The molecule has 0 aliphatic rings. The van der Waals surface area contributed by atoms with E-state index in [9.17, 15) is 19.2 Å². The first-order valence-electron chi connectivity index (χ1n) is 10.2. The lowest BCUT2D eigenvalue weighted by atomic mass is 10.1. The van der Waals surface area contributed by atoms with Gasteiger partial charge >= 0.3 is 5.69 Å². The van der Waals surface area contributed by atoms with Gasteiger partial charge in [0, 0.05) is 18.3 Å². The van der Waals surface area contributed by atoms with E-state index in [0.717, 1.165) is 15.7 Å². The van der Waals surface area contributed by atoms with E-state index in [0.29, 0.717) is 27.3 Å². The molecule has 0 fully saturated rings. The summed E-state index contributed by atoms with van der Waals surface area (Å²) in [5, 5.41) is 7.13. The largest absolute Gasteiger partial charge is 0.336 e. The van der Waals surface area contributed by atoms with Gasteiger partial charge in [-0.05, 0) is 60.7 Å². The van der Waals surface area contributed by atoms with Crippen molar-refractivity contribution in [1.29, 1.82) is 0 Å². The Morgan fingerprint density at radius 3 is 2.42 bits per heavy atom. The number of carbonyl (C=O) groups is 2. The molecular formula is C24H22N4O4S. The molecule has 0 radical (unpaired) electrons. The Bertz CT molecular complexity index is 1510. The smallest absolute Gasteiger partial charge is 0.326 e. The van der Waals surface area contributed by atoms with Crippen LogP contribution >= 0.6 is 11.3 Å². The number of fused-ring (bicyclic) bond motifs is 1. The van der Waals surface area contributed by atoms with Gasteiger partial charge < -0.3 is 10.6 Å². The number of aryl methyl sites for hydroxylation is 2. The second-order valence-corrected chi connectivity index (χ2v) is 8.66. The Labute approximate surface area is 193 Å². The summed E-state index contributed by atoms with van der Waals surface area (Å²) < 4.78 is 2.84. The summed E-state index contributed by atoms with van der Waals surface area (Å²) in [6.07, 6.45) is 0. The molecular weight excluding hydrogens is 440 g/mol. The number of benzene rings is 2. The third kappa shape index (κ3) is 4.49. The lowest BCUT2D eigenvalue weighted by Gasteiger charge is -2.14. The zero-order valence-electron chi connectivity index (χ0n) is 18.3. The van der Waals surface area contributed by atoms with Gasteiger partial charge in [0.05, 0.1) is 11.2 Å². The molecule has 0 aliphatic carbocycles. The Kier molecular flexibility index (Phi) is 5.97. The SMILES string of the molecule is CC(=O)Nc1cccc(NC(=O)Cn2c(=O)n(-c3cc(C)ccc3C)c(=O)c3sccc32)c1. The van der Waals surface area contributed by atoms with Crippen LogP contribution in [-0.4, -0.2) is 20.9 Å². The zero-order valence-corrected chi connectivity index (χ0v) is 19.2. The van der Waals surface area contributed by atoms with Gasteiger partial charge in [0.1, 0.15) is 11.2 Å². The minimum Gasteiger partial charge on any atom is -0.326 e. The van der Waals surface area contributed by atoms with Crippen LogP contribution in [0.5, 0.6) is 0 Å². The van der Waals surface area contributed by atoms with E-state index < -0.39 is 17.2 Å². The number of carbonyl (C=O) groups excluding carboxylic acids is 2. The van der Waals surface area contributed by atoms with Crippen molar-refractivity contribution >= 4 is 44.7 Å². The van der Waals surface area contributed by atoms with Crippen molar-refractivity contribution in [2.45, 2.75) is 27.3 Å². The van der Waals surface area contributed by atoms with Gasteiger partial charge in [-0.1, -0.05) is 18.2 Å². The molecule has 0 saturated carbocycles. The van der Waals surface area contributed by atoms with E-state index in [1.165, 1.54) is 22.8 Å². The summed E-state index contributed by atoms with van der Waals surface area (Å²) in [6.45, 7) is 4.84. The molecule has 4 aromatic rings. The zero-order chi connectivity index (χ0) is 23.7. The van der Waals surface area contributed by atoms with Crippen molar-refractivity contribution in [3.05, 3.63) is 85.9 Å². The molecule has 0 bridgehead atoms. The van der Waals surface area contributed by atoms with Crippen LogP contribution in [0.4, 0.5) is 11.4 Å². The van der Waals surface area contributed by atoms with Gasteiger partial charge in [-0.25, -0.2) is 9.36 Å². The van der Waals surface area contributed by atoms with E-state index in [-0.39, 0.29) is 12.5 Å². The fraction of sp³-hybridized carbons (Fsp3) is 0.167. The normalized spacial score (nSPS) is 10.9. The molecule has 0 unspecified atom stereocenters.